The number of phenols is 3. The number of rotatable bonds is 41. The van der Waals surface area contributed by atoms with E-state index >= 15 is 0 Å². The summed E-state index contributed by atoms with van der Waals surface area (Å²) >= 11 is 0. The van der Waals surface area contributed by atoms with Crippen LogP contribution in [0.1, 0.15) is 155 Å². The summed E-state index contributed by atoms with van der Waals surface area (Å²) in [6.45, 7) is 31.5. The number of nitro groups is 2. The van der Waals surface area contributed by atoms with Gasteiger partial charge in [-0.2, -0.15) is 0 Å². The summed E-state index contributed by atoms with van der Waals surface area (Å²) in [6.07, 6.45) is 3.69. The van der Waals surface area contributed by atoms with Crippen LogP contribution >= 0.6 is 0 Å². The topological polar surface area (TPSA) is 353 Å². The first-order valence-corrected chi connectivity index (χ1v) is 33.0. The normalized spacial score (nSPS) is 13.4. The van der Waals surface area contributed by atoms with Crippen LogP contribution < -0.4 is 16.0 Å². The Morgan fingerprint density at radius 1 is 0.464 bits per heavy atom. The van der Waals surface area contributed by atoms with Crippen molar-refractivity contribution < 1.29 is 87.1 Å². The highest BCUT2D eigenvalue weighted by atomic mass is 16.6. The molecule has 26 heteroatoms. The molecule has 3 atom stereocenters. The second-order valence-electron chi connectivity index (χ2n) is 27.5. The maximum atomic E-state index is 12.9. The van der Waals surface area contributed by atoms with Crippen molar-refractivity contribution in [2.45, 2.75) is 162 Å². The van der Waals surface area contributed by atoms with Crippen LogP contribution in [0.15, 0.2) is 42.5 Å². The minimum atomic E-state index is -0.879. The van der Waals surface area contributed by atoms with Gasteiger partial charge in [-0.3, -0.25) is 49.0 Å². The van der Waals surface area contributed by atoms with Crippen molar-refractivity contribution in [1.82, 2.24) is 20.9 Å². The zero-order valence-electron chi connectivity index (χ0n) is 61.2. The van der Waals surface area contributed by atoms with Crippen molar-refractivity contribution in [2.75, 3.05) is 114 Å². The summed E-state index contributed by atoms with van der Waals surface area (Å²) in [6, 6.07) is 10.8. The average molecular weight is 1370 g/mol. The molecule has 0 aliphatic heterocycles. The van der Waals surface area contributed by atoms with Gasteiger partial charge in [-0.15, -0.1) is 0 Å². The molecule has 0 aliphatic carbocycles. The van der Waals surface area contributed by atoms with Crippen LogP contribution in [0.5, 0.6) is 17.2 Å². The van der Waals surface area contributed by atoms with Gasteiger partial charge >= 0.3 is 17.9 Å². The minimum absolute atomic E-state index is 0.0987. The van der Waals surface area contributed by atoms with Gasteiger partial charge in [0.25, 0.3) is 11.4 Å². The van der Waals surface area contributed by atoms with E-state index in [1.807, 2.05) is 86.5 Å². The molecule has 3 aromatic carbocycles. The fraction of sp³-hybridized carbons (Fsp3) is 0.662. The third-order valence-corrected chi connectivity index (χ3v) is 17.2. The molecule has 3 rings (SSSR count). The van der Waals surface area contributed by atoms with Gasteiger partial charge in [0.05, 0.1) is 77.9 Å². The Labute approximate surface area is 574 Å². The Morgan fingerprint density at radius 3 is 1.09 bits per heavy atom. The number of esters is 3. The molecular formula is C71H114N6O20. The molecule has 0 radical (unpaired) electrons. The second kappa shape index (κ2) is 41.7. The average Bonchev–Trinajstić information content (AvgIpc) is 0.886. The number of benzene rings is 3. The Kier molecular flexibility index (Phi) is 37.6. The van der Waals surface area contributed by atoms with Crippen LogP contribution in [0.3, 0.4) is 0 Å². The lowest BCUT2D eigenvalue weighted by molar-refractivity contribution is -0.385. The predicted octanol–water partition coefficient (Wildman–Crippen LogP) is 9.91. The quantitative estimate of drug-likeness (QED) is 0.0101. The lowest BCUT2D eigenvalue weighted by Crippen LogP contribution is -2.43. The zero-order chi connectivity index (χ0) is 74.1. The number of hydrogen-bond acceptors (Lipinski definition) is 21. The molecule has 97 heavy (non-hydrogen) atoms. The predicted molar refractivity (Wildman–Crippen MR) is 369 cm³/mol. The van der Waals surface area contributed by atoms with Crippen molar-refractivity contribution in [3.05, 3.63) is 96.1 Å². The lowest BCUT2D eigenvalue weighted by Gasteiger charge is -2.34. The number of nitro benzene ring substituents is 2. The number of nitrogens with zero attached hydrogens (tertiary/aromatic N) is 3. The number of likely N-dealkylation sites (N-methyl/N-ethyl adjacent to an activating group) is 1. The van der Waals surface area contributed by atoms with E-state index in [-0.39, 0.29) is 116 Å². The number of hydrogen-bond donors (Lipinski definition) is 6. The Balaban J connectivity index is 0.000000728. The molecule has 6 N–H and O–H groups in total. The summed E-state index contributed by atoms with van der Waals surface area (Å²) in [7, 11) is 6.97. The molecule has 0 aromatic heterocycles. The number of phenolic OH excluding ortho intramolecular Hbond substituents is 3. The molecule has 0 spiro atoms. The molecule has 0 heterocycles. The first-order chi connectivity index (χ1) is 45.2. The SMILES string of the molecule is CCC(C)(CC(C)(C)C(=O)NCCc1cc(C)c(O)cc1[N+](=O)[O-])C(=O)OCCN(C)C.CCC(C)(CC(C)(C)C(=O)NCCc1cc(C)c(O)cc1[N+](=O)[O-])C(=O)OCCOCCOC.CCC(C)(CC(C)(C)C(=O)NCCc1ccc(O)c(C)c1)C(=O)OCCOCCOC. The molecular weight excluding hydrogens is 1260 g/mol. The molecule has 3 aromatic rings. The number of nitrogens with one attached hydrogen (secondary N) is 3. The molecule has 0 aliphatic rings. The Bertz CT molecular complexity index is 3040. The molecule has 548 valence electrons. The Morgan fingerprint density at radius 2 is 0.784 bits per heavy atom. The number of carbonyl (C=O) groups excluding carboxylic acids is 6. The Hall–Kier alpha value is -7.52. The largest absolute Gasteiger partial charge is 0.508 e. The van der Waals surface area contributed by atoms with E-state index in [1.54, 1.807) is 80.9 Å². The van der Waals surface area contributed by atoms with Crippen molar-refractivity contribution in [2.24, 2.45) is 32.5 Å². The van der Waals surface area contributed by atoms with Gasteiger partial charge < -0.3 is 69.3 Å². The third kappa shape index (κ3) is 30.0. The molecule has 0 bridgehead atoms. The van der Waals surface area contributed by atoms with Gasteiger partial charge in [-0.25, -0.2) is 0 Å². The fourth-order valence-corrected chi connectivity index (χ4v) is 10.7. The van der Waals surface area contributed by atoms with E-state index in [2.05, 4.69) is 16.0 Å². The number of aryl methyl sites for hydroxylation is 3. The number of aromatic hydroxyl groups is 3. The molecule has 3 unspecified atom stereocenters. The highest BCUT2D eigenvalue weighted by molar-refractivity contribution is 5.85. The molecule has 0 saturated carbocycles. The smallest absolute Gasteiger partial charge is 0.311 e. The molecule has 3 amide bonds. The number of carbonyl (C=O) groups is 6. The first kappa shape index (κ1) is 87.5. The zero-order valence-corrected chi connectivity index (χ0v) is 61.2. The number of methoxy groups -OCH3 is 2. The van der Waals surface area contributed by atoms with Gasteiger partial charge in [0, 0.05) is 67.8 Å². The van der Waals surface area contributed by atoms with Gasteiger partial charge in [-0.1, -0.05) is 74.4 Å². The summed E-state index contributed by atoms with van der Waals surface area (Å²) < 4.78 is 36.6. The van der Waals surface area contributed by atoms with Crippen LogP contribution in [-0.4, -0.2) is 180 Å². The van der Waals surface area contributed by atoms with E-state index in [4.69, 9.17) is 33.2 Å². The number of amides is 3. The highest BCUT2D eigenvalue weighted by Gasteiger charge is 2.45. The van der Waals surface area contributed by atoms with E-state index in [9.17, 15) is 64.3 Å². The van der Waals surface area contributed by atoms with Gasteiger partial charge in [0.1, 0.15) is 37.1 Å². The molecule has 26 nitrogen and oxygen atoms in total. The van der Waals surface area contributed by atoms with E-state index < -0.39 is 42.3 Å². The van der Waals surface area contributed by atoms with Crippen LogP contribution in [0.25, 0.3) is 0 Å². The monoisotopic (exact) mass is 1370 g/mol. The van der Waals surface area contributed by atoms with Crippen LogP contribution in [0.2, 0.25) is 0 Å². The van der Waals surface area contributed by atoms with Crippen molar-refractivity contribution in [3.8, 4) is 17.2 Å². The fourth-order valence-electron chi connectivity index (χ4n) is 10.7. The maximum absolute atomic E-state index is 12.9. The second-order valence-corrected chi connectivity index (χ2v) is 27.5. The molecule has 0 fully saturated rings. The van der Waals surface area contributed by atoms with Gasteiger partial charge in [0.2, 0.25) is 17.7 Å². The first-order valence-electron chi connectivity index (χ1n) is 33.0. The van der Waals surface area contributed by atoms with Crippen molar-refractivity contribution >= 4 is 47.0 Å². The van der Waals surface area contributed by atoms with Crippen molar-refractivity contribution in [1.29, 1.82) is 0 Å². The molecule has 0 saturated heterocycles. The maximum Gasteiger partial charge on any atom is 0.311 e. The van der Waals surface area contributed by atoms with Gasteiger partial charge in [0.15, 0.2) is 0 Å². The van der Waals surface area contributed by atoms with Crippen LogP contribution in [0.4, 0.5) is 11.4 Å². The summed E-state index contributed by atoms with van der Waals surface area (Å²) in [5.41, 5.74) is -1.49. The highest BCUT2D eigenvalue weighted by Crippen LogP contribution is 2.41. The standard InChI is InChI=1S/C24H38N2O8.C24H39NO6.C23H37N3O6/c1-7-24(5,22(29)34-13-12-33-11-10-32-6)16-23(3,4)21(28)25-9-8-18-14-17(2)20(27)15-19(18)26(30)31;1-7-24(5,22(28)31-15-14-30-13-12-29-6)17-23(3,4)21(27)25-11-10-19-8-9-20(26)18(2)16-19;1-8-23(5,21(29)32-12-11-25(6)7)15-22(3,4)20(28)24-10-9-17-13-16(2)19(27)14-18(17)26(30)31/h14-15,27H,7-13,16H2,1-6H3,(H,25,28);8-9,16,26H,7,10-15,17H2,1-6H3,(H,25,27);13-14,27H,8-12,15H2,1-7H3,(H,24,28). The van der Waals surface area contributed by atoms with Crippen LogP contribution in [0, 0.1) is 73.5 Å². The van der Waals surface area contributed by atoms with E-state index in [1.165, 1.54) is 0 Å². The van der Waals surface area contributed by atoms with E-state index in [0.29, 0.717) is 114 Å². The summed E-state index contributed by atoms with van der Waals surface area (Å²) in [4.78, 5) is 100. The third-order valence-electron chi connectivity index (χ3n) is 17.2. The van der Waals surface area contributed by atoms with Gasteiger partial charge in [-0.05, 0) is 154 Å². The van der Waals surface area contributed by atoms with Crippen LogP contribution in [-0.2, 0) is 81.2 Å². The number of ether oxygens (including phenoxy) is 7. The summed E-state index contributed by atoms with van der Waals surface area (Å²) in [5, 5.41) is 60.3. The summed E-state index contributed by atoms with van der Waals surface area (Å²) in [5.74, 6) is -1.64. The minimum Gasteiger partial charge on any atom is -0.508 e. The lowest BCUT2D eigenvalue weighted by atomic mass is 9.72. The van der Waals surface area contributed by atoms with Crippen molar-refractivity contribution in [3.63, 3.8) is 0 Å². The van der Waals surface area contributed by atoms with E-state index in [0.717, 1.165) is 23.3 Å².